The van der Waals surface area contributed by atoms with Crippen molar-refractivity contribution in [3.05, 3.63) is 217 Å². The fraction of sp³-hybridized carbons (Fsp3) is 0.0526. The molecule has 10 aromatic rings. The maximum Gasteiger partial charge on any atom is 0.161 e. The summed E-state index contributed by atoms with van der Waals surface area (Å²) in [6, 6.07) is 74.2. The fourth-order valence-corrected chi connectivity index (χ4v) is 9.31. The molecule has 2 nitrogen and oxygen atoms in total. The molecule has 1 heterocycles. The number of hydrogen-bond donors (Lipinski definition) is 0. The molecule has 0 atom stereocenters. The highest BCUT2D eigenvalue weighted by Gasteiger charge is 2.36. The van der Waals surface area contributed by atoms with E-state index in [2.05, 4.69) is 220 Å². The van der Waals surface area contributed by atoms with E-state index in [1.807, 2.05) is 0 Å². The van der Waals surface area contributed by atoms with Gasteiger partial charge in [0.25, 0.3) is 0 Å². The van der Waals surface area contributed by atoms with E-state index in [1.54, 1.807) is 0 Å². The standard InChI is InChI=1S/C57H40N2/c1-57(2)51-34-30-40-19-9-10-21-45(40)55(51)50-31-29-42(35-52(50)57)44-32-33-49(47-23-13-12-22-46(44)47)56-58-53(41-27-25-38(26-28-41)37-15-5-3-6-16-37)36-54(59-56)48-24-14-11-20-43(48)39-17-7-4-8-18-39/h3-36H,1-2H3. The molecule has 0 amide bonds. The number of nitrogens with zero attached hydrogens (tertiary/aromatic N) is 2. The molecule has 0 bridgehead atoms. The molecule has 0 unspecified atom stereocenters. The zero-order valence-corrected chi connectivity index (χ0v) is 33.0. The van der Waals surface area contributed by atoms with Crippen LogP contribution in [0.3, 0.4) is 0 Å². The van der Waals surface area contributed by atoms with Gasteiger partial charge in [-0.25, -0.2) is 9.97 Å². The highest BCUT2D eigenvalue weighted by Crippen LogP contribution is 2.52. The first-order chi connectivity index (χ1) is 29.0. The van der Waals surface area contributed by atoms with Crippen molar-refractivity contribution in [2.45, 2.75) is 19.3 Å². The van der Waals surface area contributed by atoms with Gasteiger partial charge in [-0.3, -0.25) is 0 Å². The van der Waals surface area contributed by atoms with E-state index in [4.69, 9.17) is 9.97 Å². The van der Waals surface area contributed by atoms with E-state index in [9.17, 15) is 0 Å². The van der Waals surface area contributed by atoms with E-state index in [1.165, 1.54) is 60.7 Å². The van der Waals surface area contributed by atoms with Crippen LogP contribution >= 0.6 is 0 Å². The van der Waals surface area contributed by atoms with E-state index < -0.39 is 0 Å². The summed E-state index contributed by atoms with van der Waals surface area (Å²) in [5, 5.41) is 4.90. The van der Waals surface area contributed by atoms with E-state index >= 15 is 0 Å². The minimum Gasteiger partial charge on any atom is -0.228 e. The summed E-state index contributed by atoms with van der Waals surface area (Å²) in [4.78, 5) is 10.8. The van der Waals surface area contributed by atoms with Crippen LogP contribution in [0.15, 0.2) is 206 Å². The molecule has 59 heavy (non-hydrogen) atoms. The lowest BCUT2D eigenvalue weighted by molar-refractivity contribution is 0.661. The highest BCUT2D eigenvalue weighted by molar-refractivity contribution is 6.06. The Bertz CT molecular complexity index is 3220. The molecule has 0 fully saturated rings. The topological polar surface area (TPSA) is 25.8 Å². The quantitative estimate of drug-likeness (QED) is 0.169. The van der Waals surface area contributed by atoms with Gasteiger partial charge in [0.2, 0.25) is 0 Å². The molecule has 0 aliphatic heterocycles. The van der Waals surface area contributed by atoms with Gasteiger partial charge in [0.05, 0.1) is 11.4 Å². The van der Waals surface area contributed by atoms with Crippen molar-refractivity contribution in [3.8, 4) is 78.4 Å². The van der Waals surface area contributed by atoms with Crippen molar-refractivity contribution in [2.24, 2.45) is 0 Å². The number of rotatable bonds is 6. The molecule has 0 spiro atoms. The van der Waals surface area contributed by atoms with Crippen molar-refractivity contribution >= 4 is 21.5 Å². The zero-order chi connectivity index (χ0) is 39.5. The molecule has 278 valence electrons. The third kappa shape index (κ3) is 5.87. The minimum atomic E-state index is -0.125. The third-order valence-corrected chi connectivity index (χ3v) is 12.3. The normalized spacial score (nSPS) is 12.7. The van der Waals surface area contributed by atoms with Crippen LogP contribution in [0.2, 0.25) is 0 Å². The van der Waals surface area contributed by atoms with Gasteiger partial charge in [0.1, 0.15) is 0 Å². The van der Waals surface area contributed by atoms with Crippen molar-refractivity contribution < 1.29 is 0 Å². The van der Waals surface area contributed by atoms with Gasteiger partial charge < -0.3 is 0 Å². The Morgan fingerprint density at radius 1 is 0.322 bits per heavy atom. The van der Waals surface area contributed by atoms with Gasteiger partial charge in [0.15, 0.2) is 5.82 Å². The Hall–Kier alpha value is -7.42. The molecular weight excluding hydrogens is 713 g/mol. The third-order valence-electron chi connectivity index (χ3n) is 12.3. The van der Waals surface area contributed by atoms with E-state index in [0.717, 1.165) is 44.6 Å². The molecule has 0 radical (unpaired) electrons. The van der Waals surface area contributed by atoms with Crippen LogP contribution in [0.4, 0.5) is 0 Å². The van der Waals surface area contributed by atoms with Crippen LogP contribution in [0.1, 0.15) is 25.0 Å². The maximum atomic E-state index is 5.41. The molecule has 11 rings (SSSR count). The lowest BCUT2D eigenvalue weighted by Crippen LogP contribution is -2.15. The molecule has 0 N–H and O–H groups in total. The monoisotopic (exact) mass is 752 g/mol. The van der Waals surface area contributed by atoms with Gasteiger partial charge in [-0.05, 0) is 95.4 Å². The molecule has 1 aromatic heterocycles. The summed E-state index contributed by atoms with van der Waals surface area (Å²) in [5.41, 5.74) is 17.3. The molecule has 9 aromatic carbocycles. The van der Waals surface area contributed by atoms with Crippen LogP contribution in [0, 0.1) is 0 Å². The van der Waals surface area contributed by atoms with Gasteiger partial charge in [-0.1, -0.05) is 202 Å². The van der Waals surface area contributed by atoms with Gasteiger partial charge >= 0.3 is 0 Å². The van der Waals surface area contributed by atoms with Crippen molar-refractivity contribution in [1.29, 1.82) is 0 Å². The predicted octanol–water partition coefficient (Wildman–Crippen LogP) is 15.1. The van der Waals surface area contributed by atoms with Crippen molar-refractivity contribution in [1.82, 2.24) is 9.97 Å². The second kappa shape index (κ2) is 13.9. The van der Waals surface area contributed by atoms with Gasteiger partial charge in [-0.15, -0.1) is 0 Å². The van der Waals surface area contributed by atoms with Gasteiger partial charge in [-0.2, -0.15) is 0 Å². The Morgan fingerprint density at radius 3 is 1.63 bits per heavy atom. The minimum absolute atomic E-state index is 0.125. The summed E-state index contributed by atoms with van der Waals surface area (Å²) in [5.74, 6) is 0.702. The number of benzene rings is 9. The first-order valence-electron chi connectivity index (χ1n) is 20.4. The number of fused-ring (bicyclic) bond motifs is 6. The lowest BCUT2D eigenvalue weighted by atomic mass is 9.81. The predicted molar refractivity (Wildman–Crippen MR) is 247 cm³/mol. The van der Waals surface area contributed by atoms with Crippen LogP contribution < -0.4 is 0 Å². The second-order valence-electron chi connectivity index (χ2n) is 16.1. The smallest absolute Gasteiger partial charge is 0.161 e. The second-order valence-corrected chi connectivity index (χ2v) is 16.1. The van der Waals surface area contributed by atoms with Crippen molar-refractivity contribution in [3.63, 3.8) is 0 Å². The van der Waals surface area contributed by atoms with Crippen LogP contribution in [0.25, 0.3) is 100.0 Å². The first-order valence-corrected chi connectivity index (χ1v) is 20.4. The Balaban J connectivity index is 1.07. The number of hydrogen-bond acceptors (Lipinski definition) is 2. The van der Waals surface area contributed by atoms with E-state index in [-0.39, 0.29) is 5.41 Å². The molecule has 1 aliphatic rings. The molecule has 0 saturated carbocycles. The first kappa shape index (κ1) is 34.8. The zero-order valence-electron chi connectivity index (χ0n) is 33.0. The summed E-state index contributed by atoms with van der Waals surface area (Å²) in [7, 11) is 0. The lowest BCUT2D eigenvalue weighted by Gasteiger charge is -2.22. The molecular formula is C57H40N2. The highest BCUT2D eigenvalue weighted by atomic mass is 14.9. The number of aromatic nitrogens is 2. The average molecular weight is 753 g/mol. The van der Waals surface area contributed by atoms with Crippen LogP contribution in [-0.2, 0) is 5.41 Å². The van der Waals surface area contributed by atoms with Crippen LogP contribution in [0.5, 0.6) is 0 Å². The summed E-state index contributed by atoms with van der Waals surface area (Å²) >= 11 is 0. The maximum absolute atomic E-state index is 5.41. The Morgan fingerprint density at radius 2 is 0.864 bits per heavy atom. The molecule has 1 aliphatic carbocycles. The fourth-order valence-electron chi connectivity index (χ4n) is 9.31. The van der Waals surface area contributed by atoms with Crippen LogP contribution in [-0.4, -0.2) is 9.97 Å². The largest absolute Gasteiger partial charge is 0.228 e. The Kier molecular flexibility index (Phi) is 8.20. The molecule has 0 saturated heterocycles. The van der Waals surface area contributed by atoms with Gasteiger partial charge in [0, 0.05) is 22.1 Å². The summed E-state index contributed by atoms with van der Waals surface area (Å²) < 4.78 is 0. The average Bonchev–Trinajstić information content (AvgIpc) is 3.54. The SMILES string of the molecule is CC1(C)c2cc(-c3ccc(-c4nc(-c5ccc(-c6ccccc6)cc5)cc(-c5ccccc5-c5ccccc5)n4)c4ccccc34)ccc2-c2c1ccc1ccccc21. The Labute approximate surface area is 345 Å². The summed E-state index contributed by atoms with van der Waals surface area (Å²) in [6.07, 6.45) is 0. The molecule has 2 heteroatoms. The summed E-state index contributed by atoms with van der Waals surface area (Å²) in [6.45, 7) is 4.73. The van der Waals surface area contributed by atoms with Crippen molar-refractivity contribution in [2.75, 3.05) is 0 Å². The van der Waals surface area contributed by atoms with E-state index in [0.29, 0.717) is 5.82 Å².